The third kappa shape index (κ3) is 2.71. The van der Waals surface area contributed by atoms with E-state index in [9.17, 15) is 0 Å². The fraction of sp³-hybridized carbons (Fsp3) is 0.400. The number of hydrogen-bond acceptors (Lipinski definition) is 2. The van der Waals surface area contributed by atoms with Crippen molar-refractivity contribution < 1.29 is 0 Å². The first kappa shape index (κ1) is 8.73. The molecular weight excluding hydrogens is 148 g/mol. The van der Waals surface area contributed by atoms with Gasteiger partial charge in [0.1, 0.15) is 5.69 Å². The van der Waals surface area contributed by atoms with E-state index in [1.165, 1.54) is 0 Å². The van der Waals surface area contributed by atoms with E-state index in [2.05, 4.69) is 35.7 Å². The molecule has 0 aliphatic carbocycles. The van der Waals surface area contributed by atoms with Gasteiger partial charge in [-0.05, 0) is 12.3 Å². The van der Waals surface area contributed by atoms with Gasteiger partial charge in [0.2, 0.25) is 0 Å². The third-order valence-corrected chi connectivity index (χ3v) is 1.62. The van der Waals surface area contributed by atoms with Gasteiger partial charge in [-0.2, -0.15) is 0 Å². The minimum Gasteiger partial charge on any atom is -0.260 e. The van der Waals surface area contributed by atoms with Gasteiger partial charge in [0.25, 0.3) is 0 Å². The van der Waals surface area contributed by atoms with E-state index in [4.69, 9.17) is 0 Å². The van der Waals surface area contributed by atoms with Crippen LogP contribution in [-0.4, -0.2) is 9.97 Å². The maximum Gasteiger partial charge on any atom is 0.131 e. The van der Waals surface area contributed by atoms with Crippen LogP contribution in [0.5, 0.6) is 0 Å². The zero-order chi connectivity index (χ0) is 8.81. The van der Waals surface area contributed by atoms with Gasteiger partial charge in [0.05, 0.1) is 6.20 Å². The molecule has 2 nitrogen and oxygen atoms in total. The van der Waals surface area contributed by atoms with Crippen molar-refractivity contribution in [3.8, 4) is 11.8 Å². The van der Waals surface area contributed by atoms with Crippen molar-refractivity contribution in [1.82, 2.24) is 9.97 Å². The summed E-state index contributed by atoms with van der Waals surface area (Å²) in [7, 11) is 0. The highest BCUT2D eigenvalue weighted by molar-refractivity contribution is 5.24. The van der Waals surface area contributed by atoms with Crippen molar-refractivity contribution in [2.24, 2.45) is 5.92 Å². The highest BCUT2D eigenvalue weighted by atomic mass is 14.7. The summed E-state index contributed by atoms with van der Waals surface area (Å²) in [5, 5.41) is 0. The van der Waals surface area contributed by atoms with Crippen LogP contribution >= 0.6 is 0 Å². The Morgan fingerprint density at radius 1 is 1.50 bits per heavy atom. The van der Waals surface area contributed by atoms with Crippen LogP contribution in [0.1, 0.15) is 26.0 Å². The monoisotopic (exact) mass is 160 g/mol. The minimum atomic E-state index is 0.437. The van der Waals surface area contributed by atoms with Crippen molar-refractivity contribution in [3.63, 3.8) is 0 Å². The van der Waals surface area contributed by atoms with E-state index in [0.717, 1.165) is 12.1 Å². The molecule has 0 saturated heterocycles. The van der Waals surface area contributed by atoms with Crippen LogP contribution < -0.4 is 0 Å². The Labute approximate surface area is 73.1 Å². The Hall–Kier alpha value is -1.36. The molecule has 0 aliphatic heterocycles. The van der Waals surface area contributed by atoms with Gasteiger partial charge in [0.15, 0.2) is 0 Å². The Balaban J connectivity index is 2.67. The molecule has 2 heteroatoms. The smallest absolute Gasteiger partial charge is 0.131 e. The van der Waals surface area contributed by atoms with Gasteiger partial charge >= 0.3 is 0 Å². The van der Waals surface area contributed by atoms with Crippen LogP contribution in [0, 0.1) is 17.8 Å². The summed E-state index contributed by atoms with van der Waals surface area (Å²) in [5.74, 6) is 6.50. The average Bonchev–Trinajstić information content (AvgIpc) is 2.16. The molecule has 0 spiro atoms. The number of nitrogens with zero attached hydrogens (tertiary/aromatic N) is 2. The van der Waals surface area contributed by atoms with Crippen LogP contribution in [0.2, 0.25) is 0 Å². The molecule has 0 radical (unpaired) electrons. The van der Waals surface area contributed by atoms with Gasteiger partial charge in [-0.25, -0.2) is 4.98 Å². The molecule has 0 N–H and O–H groups in total. The molecular formula is C10H12N2. The summed E-state index contributed by atoms with van der Waals surface area (Å²) in [6, 6.07) is 0. The highest BCUT2D eigenvalue weighted by Gasteiger charge is 1.90. The fourth-order valence-corrected chi connectivity index (χ4v) is 0.663. The molecule has 0 amide bonds. The molecule has 1 rings (SSSR count). The molecule has 1 atom stereocenters. The van der Waals surface area contributed by atoms with E-state index in [1.807, 2.05) is 0 Å². The predicted molar refractivity (Wildman–Crippen MR) is 48.4 cm³/mol. The molecule has 0 aromatic carbocycles. The second-order valence-electron chi connectivity index (χ2n) is 2.67. The van der Waals surface area contributed by atoms with Crippen molar-refractivity contribution in [2.75, 3.05) is 0 Å². The zero-order valence-corrected chi connectivity index (χ0v) is 7.41. The van der Waals surface area contributed by atoms with E-state index in [-0.39, 0.29) is 0 Å². The standard InChI is InChI=1S/C10H12N2/c1-3-9(2)4-5-10-8-11-6-7-12-10/h6-9H,3H2,1-2H3. The summed E-state index contributed by atoms with van der Waals surface area (Å²) < 4.78 is 0. The van der Waals surface area contributed by atoms with Gasteiger partial charge in [-0.15, -0.1) is 0 Å². The highest BCUT2D eigenvalue weighted by Crippen LogP contribution is 1.97. The molecule has 0 fully saturated rings. The molecule has 1 unspecified atom stereocenters. The van der Waals surface area contributed by atoms with Crippen LogP contribution in [-0.2, 0) is 0 Å². The van der Waals surface area contributed by atoms with E-state index < -0.39 is 0 Å². The topological polar surface area (TPSA) is 25.8 Å². The Kier molecular flexibility index (Phi) is 3.28. The Morgan fingerprint density at radius 3 is 2.92 bits per heavy atom. The summed E-state index contributed by atoms with van der Waals surface area (Å²) in [4.78, 5) is 7.97. The summed E-state index contributed by atoms with van der Waals surface area (Å²) in [5.41, 5.74) is 0.748. The Morgan fingerprint density at radius 2 is 2.33 bits per heavy atom. The van der Waals surface area contributed by atoms with Gasteiger partial charge < -0.3 is 0 Å². The lowest BCUT2D eigenvalue weighted by atomic mass is 10.1. The summed E-state index contributed by atoms with van der Waals surface area (Å²) in [6.07, 6.45) is 6.05. The second-order valence-corrected chi connectivity index (χ2v) is 2.67. The third-order valence-electron chi connectivity index (χ3n) is 1.62. The van der Waals surface area contributed by atoms with E-state index in [0.29, 0.717) is 5.92 Å². The molecule has 0 aliphatic rings. The first-order valence-corrected chi connectivity index (χ1v) is 4.10. The van der Waals surface area contributed by atoms with Crippen molar-refractivity contribution >= 4 is 0 Å². The quantitative estimate of drug-likeness (QED) is 0.586. The van der Waals surface area contributed by atoms with Gasteiger partial charge in [0, 0.05) is 18.3 Å². The normalized spacial score (nSPS) is 11.5. The molecule has 1 heterocycles. The molecule has 62 valence electrons. The lowest BCUT2D eigenvalue weighted by Gasteiger charge is -1.93. The molecule has 0 bridgehead atoms. The van der Waals surface area contributed by atoms with Crippen LogP contribution in [0.15, 0.2) is 18.6 Å². The van der Waals surface area contributed by atoms with Crippen molar-refractivity contribution in [2.45, 2.75) is 20.3 Å². The average molecular weight is 160 g/mol. The van der Waals surface area contributed by atoms with Gasteiger partial charge in [-0.1, -0.05) is 19.8 Å². The number of rotatable bonds is 1. The Bertz CT molecular complexity index is 282. The minimum absolute atomic E-state index is 0.437. The molecule has 1 aromatic heterocycles. The molecule has 0 saturated carbocycles. The van der Waals surface area contributed by atoms with Crippen molar-refractivity contribution in [1.29, 1.82) is 0 Å². The van der Waals surface area contributed by atoms with Crippen molar-refractivity contribution in [3.05, 3.63) is 24.3 Å². The maximum atomic E-state index is 4.05. The first-order valence-electron chi connectivity index (χ1n) is 4.10. The molecule has 1 aromatic rings. The molecule has 12 heavy (non-hydrogen) atoms. The van der Waals surface area contributed by atoms with Gasteiger partial charge in [-0.3, -0.25) is 4.98 Å². The number of aromatic nitrogens is 2. The predicted octanol–water partition coefficient (Wildman–Crippen LogP) is 1.87. The van der Waals surface area contributed by atoms with Crippen LogP contribution in [0.3, 0.4) is 0 Å². The maximum absolute atomic E-state index is 4.05. The van der Waals surface area contributed by atoms with Crippen LogP contribution in [0.4, 0.5) is 0 Å². The zero-order valence-electron chi connectivity index (χ0n) is 7.41. The lowest BCUT2D eigenvalue weighted by Crippen LogP contribution is -1.87. The fourth-order valence-electron chi connectivity index (χ4n) is 0.663. The first-order chi connectivity index (χ1) is 5.83. The summed E-state index contributed by atoms with van der Waals surface area (Å²) in [6.45, 7) is 4.22. The van der Waals surface area contributed by atoms with E-state index in [1.54, 1.807) is 18.6 Å². The van der Waals surface area contributed by atoms with E-state index >= 15 is 0 Å². The SMILES string of the molecule is CCC(C)C#Cc1cnccn1. The second kappa shape index (κ2) is 4.50. The largest absolute Gasteiger partial charge is 0.260 e. The number of hydrogen-bond donors (Lipinski definition) is 0. The lowest BCUT2D eigenvalue weighted by molar-refractivity contribution is 0.723. The summed E-state index contributed by atoms with van der Waals surface area (Å²) >= 11 is 0. The van der Waals surface area contributed by atoms with Crippen LogP contribution in [0.25, 0.3) is 0 Å².